The largest absolute Gasteiger partial charge is 0.478 e. The lowest BCUT2D eigenvalue weighted by Crippen LogP contribution is -2.41. The average molecular weight is 353 g/mol. The molecule has 6 nitrogen and oxygen atoms in total. The molecular weight excluding hydrogens is 334 g/mol. The van der Waals surface area contributed by atoms with Gasteiger partial charge in [-0.3, -0.25) is 4.79 Å². The number of ether oxygens (including phenoxy) is 1. The number of hydrogen-bond acceptors (Lipinski definition) is 4. The van der Waals surface area contributed by atoms with Gasteiger partial charge in [0.2, 0.25) is 0 Å². The first-order chi connectivity index (χ1) is 12.5. The summed E-state index contributed by atoms with van der Waals surface area (Å²) >= 11 is 0. The normalized spacial score (nSPS) is 17.0. The molecule has 6 heteroatoms. The summed E-state index contributed by atoms with van der Waals surface area (Å²) in [5.41, 5.74) is 1.77. The van der Waals surface area contributed by atoms with Gasteiger partial charge in [0.15, 0.2) is 0 Å². The van der Waals surface area contributed by atoms with Crippen molar-refractivity contribution in [3.05, 3.63) is 71.3 Å². The third kappa shape index (κ3) is 4.08. The van der Waals surface area contributed by atoms with Crippen LogP contribution in [0.15, 0.2) is 54.6 Å². The van der Waals surface area contributed by atoms with Crippen molar-refractivity contribution in [2.24, 2.45) is 0 Å². The number of aromatic carboxylic acids is 1. The van der Waals surface area contributed by atoms with E-state index in [4.69, 9.17) is 9.84 Å². The zero-order valence-corrected chi connectivity index (χ0v) is 14.1. The summed E-state index contributed by atoms with van der Waals surface area (Å²) in [5, 5.41) is 9.01. The number of Topliss-reactive ketones (excluding diaryl/α,β-unsaturated/α-hetero) is 1. The predicted octanol–water partition coefficient (Wildman–Crippen LogP) is 3.43. The Morgan fingerprint density at radius 1 is 1.08 bits per heavy atom. The second-order valence-electron chi connectivity index (χ2n) is 6.17. The molecule has 0 spiro atoms. The minimum Gasteiger partial charge on any atom is -0.478 e. The number of likely N-dealkylation sites (tertiary alicyclic amines) is 1. The van der Waals surface area contributed by atoms with Crippen molar-refractivity contribution in [3.63, 3.8) is 0 Å². The van der Waals surface area contributed by atoms with Gasteiger partial charge in [-0.05, 0) is 23.3 Å². The summed E-state index contributed by atoms with van der Waals surface area (Å²) < 4.78 is 5.40. The number of piperidine rings is 1. The van der Waals surface area contributed by atoms with Crippen molar-refractivity contribution in [3.8, 4) is 0 Å². The van der Waals surface area contributed by atoms with Gasteiger partial charge >= 0.3 is 12.1 Å². The molecule has 1 heterocycles. The van der Waals surface area contributed by atoms with Crippen molar-refractivity contribution >= 4 is 17.8 Å². The van der Waals surface area contributed by atoms with Gasteiger partial charge in [0, 0.05) is 19.4 Å². The first kappa shape index (κ1) is 17.7. The predicted molar refractivity (Wildman–Crippen MR) is 93.7 cm³/mol. The minimum atomic E-state index is -1.02. The summed E-state index contributed by atoms with van der Waals surface area (Å²) in [5.74, 6) is -0.945. The van der Waals surface area contributed by atoms with E-state index in [0.717, 1.165) is 11.1 Å². The highest BCUT2D eigenvalue weighted by Gasteiger charge is 2.32. The number of hydrogen-bond donors (Lipinski definition) is 1. The Kier molecular flexibility index (Phi) is 5.31. The Morgan fingerprint density at radius 2 is 1.77 bits per heavy atom. The standard InChI is InChI=1S/C20H19NO5/c22-17-10-11-21(20(25)26-13-14-4-2-1-3-5-14)18(12-17)15-6-8-16(9-7-15)19(23)24/h1-9,18H,10-13H2,(H,23,24)/t18-/m0/s1. The van der Waals surface area contributed by atoms with Crippen LogP contribution in [0.2, 0.25) is 0 Å². The van der Waals surface area contributed by atoms with Crippen LogP contribution in [0.5, 0.6) is 0 Å². The molecule has 26 heavy (non-hydrogen) atoms. The lowest BCUT2D eigenvalue weighted by atomic mass is 9.94. The van der Waals surface area contributed by atoms with Crippen molar-refractivity contribution in [1.82, 2.24) is 4.90 Å². The van der Waals surface area contributed by atoms with E-state index in [-0.39, 0.29) is 30.9 Å². The number of ketones is 1. The molecule has 0 radical (unpaired) electrons. The summed E-state index contributed by atoms with van der Waals surface area (Å²) in [6.07, 6.45) is 0.0189. The second-order valence-corrected chi connectivity index (χ2v) is 6.17. The monoisotopic (exact) mass is 353 g/mol. The molecule has 0 unspecified atom stereocenters. The van der Waals surface area contributed by atoms with Gasteiger partial charge in [0.1, 0.15) is 12.4 Å². The quantitative estimate of drug-likeness (QED) is 0.910. The van der Waals surface area contributed by atoms with Crippen LogP contribution in [0.1, 0.15) is 40.4 Å². The van der Waals surface area contributed by atoms with E-state index >= 15 is 0 Å². The SMILES string of the molecule is O=C1CCN(C(=O)OCc2ccccc2)[C@H](c2ccc(C(=O)O)cc2)C1. The number of carbonyl (C=O) groups is 3. The zero-order valence-electron chi connectivity index (χ0n) is 14.1. The molecule has 1 saturated heterocycles. The van der Waals surface area contributed by atoms with E-state index in [9.17, 15) is 14.4 Å². The van der Waals surface area contributed by atoms with E-state index in [0.29, 0.717) is 6.42 Å². The average Bonchev–Trinajstić information content (AvgIpc) is 2.67. The van der Waals surface area contributed by atoms with Crippen molar-refractivity contribution < 1.29 is 24.2 Å². The Balaban J connectivity index is 1.74. The smallest absolute Gasteiger partial charge is 0.410 e. The molecule has 1 fully saturated rings. The molecule has 1 aliphatic heterocycles. The van der Waals surface area contributed by atoms with Crippen molar-refractivity contribution in [1.29, 1.82) is 0 Å². The van der Waals surface area contributed by atoms with E-state index in [1.807, 2.05) is 30.3 Å². The summed E-state index contributed by atoms with van der Waals surface area (Å²) in [7, 11) is 0. The number of amides is 1. The third-order valence-electron chi connectivity index (χ3n) is 4.41. The van der Waals surface area contributed by atoms with Crippen LogP contribution in [0.25, 0.3) is 0 Å². The summed E-state index contributed by atoms with van der Waals surface area (Å²) in [6.45, 7) is 0.451. The van der Waals surface area contributed by atoms with E-state index < -0.39 is 18.1 Å². The Labute approximate surface area is 151 Å². The Hall–Kier alpha value is -3.15. The van der Waals surface area contributed by atoms with E-state index in [1.54, 1.807) is 17.0 Å². The Bertz CT molecular complexity index is 801. The molecule has 134 valence electrons. The third-order valence-corrected chi connectivity index (χ3v) is 4.41. The van der Waals surface area contributed by atoms with Crippen LogP contribution < -0.4 is 0 Å². The molecular formula is C20H19NO5. The summed E-state index contributed by atoms with van der Waals surface area (Å²) in [6, 6.07) is 15.2. The molecule has 2 aromatic carbocycles. The van der Waals surface area contributed by atoms with E-state index in [1.165, 1.54) is 12.1 Å². The highest BCUT2D eigenvalue weighted by Crippen LogP contribution is 2.30. The number of nitrogens with zero attached hydrogens (tertiary/aromatic N) is 1. The van der Waals surface area contributed by atoms with Gasteiger partial charge in [-0.2, -0.15) is 0 Å². The molecule has 2 aromatic rings. The highest BCUT2D eigenvalue weighted by atomic mass is 16.6. The van der Waals surface area contributed by atoms with Crippen LogP contribution in [0.3, 0.4) is 0 Å². The molecule has 1 amide bonds. The number of carboxylic acids is 1. The topological polar surface area (TPSA) is 83.9 Å². The van der Waals surface area contributed by atoms with Crippen LogP contribution >= 0.6 is 0 Å². The lowest BCUT2D eigenvalue weighted by molar-refractivity contribution is -0.122. The van der Waals surface area contributed by atoms with Gasteiger partial charge in [0.05, 0.1) is 11.6 Å². The molecule has 0 aliphatic carbocycles. The second kappa shape index (κ2) is 7.82. The summed E-state index contributed by atoms with van der Waals surface area (Å²) in [4.78, 5) is 37.0. The number of rotatable bonds is 4. The fourth-order valence-corrected chi connectivity index (χ4v) is 3.00. The van der Waals surface area contributed by atoms with E-state index in [2.05, 4.69) is 0 Å². The maximum atomic E-state index is 12.5. The number of carbonyl (C=O) groups excluding carboxylic acids is 2. The van der Waals surface area contributed by atoms with Crippen LogP contribution in [0, 0.1) is 0 Å². The molecule has 3 rings (SSSR count). The van der Waals surface area contributed by atoms with Crippen LogP contribution in [0.4, 0.5) is 4.79 Å². The van der Waals surface area contributed by atoms with Crippen LogP contribution in [-0.4, -0.2) is 34.4 Å². The van der Waals surface area contributed by atoms with Crippen molar-refractivity contribution in [2.45, 2.75) is 25.5 Å². The molecule has 0 saturated carbocycles. The highest BCUT2D eigenvalue weighted by molar-refractivity contribution is 5.87. The minimum absolute atomic E-state index is 0.0735. The fraction of sp³-hybridized carbons (Fsp3) is 0.250. The zero-order chi connectivity index (χ0) is 18.5. The fourth-order valence-electron chi connectivity index (χ4n) is 3.00. The lowest BCUT2D eigenvalue weighted by Gasteiger charge is -2.34. The molecule has 0 aromatic heterocycles. The van der Waals surface area contributed by atoms with Gasteiger partial charge in [-0.15, -0.1) is 0 Å². The van der Waals surface area contributed by atoms with Crippen molar-refractivity contribution in [2.75, 3.05) is 6.54 Å². The number of carboxylic acid groups (broad SMARTS) is 1. The van der Waals surface area contributed by atoms with Gasteiger partial charge < -0.3 is 14.7 Å². The first-order valence-corrected chi connectivity index (χ1v) is 8.37. The van der Waals surface area contributed by atoms with Gasteiger partial charge in [-0.1, -0.05) is 42.5 Å². The van der Waals surface area contributed by atoms with Crippen LogP contribution in [-0.2, 0) is 16.1 Å². The van der Waals surface area contributed by atoms with Gasteiger partial charge in [-0.25, -0.2) is 9.59 Å². The number of benzene rings is 2. The Morgan fingerprint density at radius 3 is 2.42 bits per heavy atom. The van der Waals surface area contributed by atoms with Gasteiger partial charge in [0.25, 0.3) is 0 Å². The molecule has 1 aliphatic rings. The maximum Gasteiger partial charge on any atom is 0.410 e. The molecule has 0 bridgehead atoms. The molecule has 1 atom stereocenters. The molecule has 1 N–H and O–H groups in total. The first-order valence-electron chi connectivity index (χ1n) is 8.37. The maximum absolute atomic E-state index is 12.5.